The SMILES string of the molecule is CNC1(CC(=O)N2CCOC(C)C2)CCCCC1. The van der Waals surface area contributed by atoms with E-state index in [1.807, 2.05) is 18.9 Å². The van der Waals surface area contributed by atoms with Crippen molar-refractivity contribution in [2.75, 3.05) is 26.7 Å². The van der Waals surface area contributed by atoms with E-state index in [0.29, 0.717) is 18.9 Å². The summed E-state index contributed by atoms with van der Waals surface area (Å²) in [5, 5.41) is 3.42. The monoisotopic (exact) mass is 254 g/mol. The van der Waals surface area contributed by atoms with Crippen LogP contribution in [0, 0.1) is 0 Å². The van der Waals surface area contributed by atoms with Crippen molar-refractivity contribution in [1.29, 1.82) is 0 Å². The minimum absolute atomic E-state index is 0.0525. The van der Waals surface area contributed by atoms with Gasteiger partial charge in [-0.3, -0.25) is 4.79 Å². The van der Waals surface area contributed by atoms with E-state index in [0.717, 1.165) is 25.9 Å². The highest BCUT2D eigenvalue weighted by molar-refractivity contribution is 5.77. The van der Waals surface area contributed by atoms with Gasteiger partial charge in [0.2, 0.25) is 5.91 Å². The summed E-state index contributed by atoms with van der Waals surface area (Å²) in [6, 6.07) is 0. The lowest BCUT2D eigenvalue weighted by atomic mass is 9.79. The molecule has 1 saturated heterocycles. The van der Waals surface area contributed by atoms with Gasteiger partial charge in [0.15, 0.2) is 0 Å². The first-order valence-electron chi connectivity index (χ1n) is 7.23. The Morgan fingerprint density at radius 2 is 2.11 bits per heavy atom. The minimum atomic E-state index is 0.0525. The van der Waals surface area contributed by atoms with Crippen LogP contribution < -0.4 is 5.32 Å². The van der Waals surface area contributed by atoms with Crippen LogP contribution in [0.2, 0.25) is 0 Å². The molecule has 0 spiro atoms. The minimum Gasteiger partial charge on any atom is -0.375 e. The van der Waals surface area contributed by atoms with Gasteiger partial charge in [0, 0.05) is 25.0 Å². The number of hydrogen-bond acceptors (Lipinski definition) is 3. The molecule has 0 aromatic rings. The van der Waals surface area contributed by atoms with Gasteiger partial charge in [-0.15, -0.1) is 0 Å². The largest absolute Gasteiger partial charge is 0.375 e. The molecule has 2 rings (SSSR count). The van der Waals surface area contributed by atoms with Gasteiger partial charge >= 0.3 is 0 Å². The maximum atomic E-state index is 12.4. The summed E-state index contributed by atoms with van der Waals surface area (Å²) in [5.74, 6) is 0.293. The Kier molecular flexibility index (Phi) is 4.62. The van der Waals surface area contributed by atoms with Crippen molar-refractivity contribution >= 4 is 5.91 Å². The topological polar surface area (TPSA) is 41.6 Å². The molecule has 0 aromatic heterocycles. The number of carbonyl (C=O) groups excluding carboxylic acids is 1. The van der Waals surface area contributed by atoms with Crippen LogP contribution in [0.25, 0.3) is 0 Å². The van der Waals surface area contributed by atoms with E-state index in [2.05, 4.69) is 5.32 Å². The van der Waals surface area contributed by atoms with E-state index in [4.69, 9.17) is 4.74 Å². The first kappa shape index (κ1) is 13.8. The van der Waals surface area contributed by atoms with Crippen molar-refractivity contribution in [3.05, 3.63) is 0 Å². The Balaban J connectivity index is 1.92. The third-order valence-corrected chi connectivity index (χ3v) is 4.42. The molecule has 0 aromatic carbocycles. The zero-order valence-electron chi connectivity index (χ0n) is 11.7. The summed E-state index contributed by atoms with van der Waals surface area (Å²) in [5.41, 5.74) is 0.0525. The van der Waals surface area contributed by atoms with Gasteiger partial charge < -0.3 is 15.0 Å². The lowest BCUT2D eigenvalue weighted by Crippen LogP contribution is -2.51. The van der Waals surface area contributed by atoms with Crippen molar-refractivity contribution in [2.24, 2.45) is 0 Å². The lowest BCUT2D eigenvalue weighted by molar-refractivity contribution is -0.140. The maximum absolute atomic E-state index is 12.4. The summed E-state index contributed by atoms with van der Waals surface area (Å²) in [4.78, 5) is 14.4. The molecule has 18 heavy (non-hydrogen) atoms. The summed E-state index contributed by atoms with van der Waals surface area (Å²) in [7, 11) is 2.00. The fraction of sp³-hybridized carbons (Fsp3) is 0.929. The van der Waals surface area contributed by atoms with Crippen LogP contribution in [0.5, 0.6) is 0 Å². The van der Waals surface area contributed by atoms with Crippen molar-refractivity contribution in [2.45, 2.75) is 57.1 Å². The summed E-state index contributed by atoms with van der Waals surface area (Å²) >= 11 is 0. The Morgan fingerprint density at radius 3 is 2.72 bits per heavy atom. The Bertz CT molecular complexity index is 288. The summed E-state index contributed by atoms with van der Waals surface area (Å²) in [6.07, 6.45) is 6.90. The number of rotatable bonds is 3. The Labute approximate surface area is 110 Å². The number of ether oxygens (including phenoxy) is 1. The smallest absolute Gasteiger partial charge is 0.224 e. The van der Waals surface area contributed by atoms with E-state index >= 15 is 0 Å². The first-order valence-corrected chi connectivity index (χ1v) is 7.23. The number of nitrogens with zero attached hydrogens (tertiary/aromatic N) is 1. The van der Waals surface area contributed by atoms with Crippen LogP contribution in [-0.2, 0) is 9.53 Å². The Hall–Kier alpha value is -0.610. The van der Waals surface area contributed by atoms with Gasteiger partial charge in [-0.1, -0.05) is 19.3 Å². The second-order valence-electron chi connectivity index (χ2n) is 5.79. The number of amides is 1. The molecule has 2 aliphatic rings. The van der Waals surface area contributed by atoms with Gasteiger partial charge in [-0.05, 0) is 26.8 Å². The van der Waals surface area contributed by atoms with Crippen molar-refractivity contribution in [3.8, 4) is 0 Å². The second-order valence-corrected chi connectivity index (χ2v) is 5.79. The molecule has 1 aliphatic carbocycles. The van der Waals surface area contributed by atoms with Crippen LogP contribution in [0.4, 0.5) is 0 Å². The molecule has 1 N–H and O–H groups in total. The van der Waals surface area contributed by atoms with Crippen LogP contribution >= 0.6 is 0 Å². The van der Waals surface area contributed by atoms with Crippen LogP contribution in [0.1, 0.15) is 45.4 Å². The van der Waals surface area contributed by atoms with Gasteiger partial charge in [-0.2, -0.15) is 0 Å². The normalized spacial score (nSPS) is 28.1. The second kappa shape index (κ2) is 6.02. The van der Waals surface area contributed by atoms with E-state index < -0.39 is 0 Å². The number of morpholine rings is 1. The van der Waals surface area contributed by atoms with Gasteiger partial charge in [-0.25, -0.2) is 0 Å². The highest BCUT2D eigenvalue weighted by Gasteiger charge is 2.34. The molecule has 1 unspecified atom stereocenters. The molecule has 2 fully saturated rings. The molecule has 104 valence electrons. The quantitative estimate of drug-likeness (QED) is 0.831. The zero-order valence-corrected chi connectivity index (χ0v) is 11.7. The van der Waals surface area contributed by atoms with Gasteiger partial charge in [0.1, 0.15) is 0 Å². The molecule has 4 nitrogen and oxygen atoms in total. The Morgan fingerprint density at radius 1 is 1.39 bits per heavy atom. The van der Waals surface area contributed by atoms with E-state index in [-0.39, 0.29) is 11.6 Å². The molecule has 0 radical (unpaired) electrons. The van der Waals surface area contributed by atoms with Gasteiger partial charge in [0.05, 0.1) is 12.7 Å². The summed E-state index contributed by atoms with van der Waals surface area (Å²) < 4.78 is 5.49. The summed E-state index contributed by atoms with van der Waals surface area (Å²) in [6.45, 7) is 4.22. The van der Waals surface area contributed by atoms with Crippen LogP contribution in [0.15, 0.2) is 0 Å². The number of carbonyl (C=O) groups is 1. The number of nitrogens with one attached hydrogen (secondary N) is 1. The van der Waals surface area contributed by atoms with Crippen molar-refractivity contribution in [3.63, 3.8) is 0 Å². The maximum Gasteiger partial charge on any atom is 0.224 e. The molecule has 1 heterocycles. The van der Waals surface area contributed by atoms with E-state index in [1.165, 1.54) is 19.3 Å². The van der Waals surface area contributed by atoms with Crippen LogP contribution in [0.3, 0.4) is 0 Å². The highest BCUT2D eigenvalue weighted by atomic mass is 16.5. The predicted molar refractivity (Wildman–Crippen MR) is 71.5 cm³/mol. The van der Waals surface area contributed by atoms with Gasteiger partial charge in [0.25, 0.3) is 0 Å². The van der Waals surface area contributed by atoms with Crippen molar-refractivity contribution in [1.82, 2.24) is 10.2 Å². The van der Waals surface area contributed by atoms with Crippen LogP contribution in [-0.4, -0.2) is 49.2 Å². The first-order chi connectivity index (χ1) is 8.65. The highest BCUT2D eigenvalue weighted by Crippen LogP contribution is 2.31. The standard InChI is InChI=1S/C14H26N2O2/c1-12-11-16(8-9-18-12)13(17)10-14(15-2)6-4-3-5-7-14/h12,15H,3-11H2,1-2H3. The third-order valence-electron chi connectivity index (χ3n) is 4.42. The molecule has 1 atom stereocenters. The average Bonchev–Trinajstić information content (AvgIpc) is 2.40. The molecule has 4 heteroatoms. The lowest BCUT2D eigenvalue weighted by Gasteiger charge is -2.39. The fourth-order valence-electron chi connectivity index (χ4n) is 3.19. The molecule has 1 saturated carbocycles. The number of hydrogen-bond donors (Lipinski definition) is 1. The molecule has 1 aliphatic heterocycles. The van der Waals surface area contributed by atoms with E-state index in [1.54, 1.807) is 0 Å². The third kappa shape index (κ3) is 3.23. The average molecular weight is 254 g/mol. The molecular weight excluding hydrogens is 228 g/mol. The van der Waals surface area contributed by atoms with E-state index in [9.17, 15) is 4.79 Å². The zero-order chi connectivity index (χ0) is 13.0. The van der Waals surface area contributed by atoms with Crippen molar-refractivity contribution < 1.29 is 9.53 Å². The predicted octanol–water partition coefficient (Wildman–Crippen LogP) is 1.55. The molecule has 1 amide bonds. The molecular formula is C14H26N2O2. The fourth-order valence-corrected chi connectivity index (χ4v) is 3.19. The molecule has 0 bridgehead atoms.